The van der Waals surface area contributed by atoms with Gasteiger partial charge in [0.2, 0.25) is 0 Å². The van der Waals surface area contributed by atoms with Crippen LogP contribution in [0, 0.1) is 0 Å². The molecule has 5 heteroatoms. The maximum atomic E-state index is 9.80. The zero-order valence-corrected chi connectivity index (χ0v) is 9.93. The van der Waals surface area contributed by atoms with Crippen molar-refractivity contribution in [2.75, 3.05) is 6.61 Å². The summed E-state index contributed by atoms with van der Waals surface area (Å²) in [7, 11) is 0. The van der Waals surface area contributed by atoms with Crippen molar-refractivity contribution in [3.8, 4) is 0 Å². The van der Waals surface area contributed by atoms with Gasteiger partial charge in [-0.05, 0) is 25.0 Å². The number of hydrogen-bond donors (Lipinski definition) is 2. The molecule has 2 aromatic rings. The van der Waals surface area contributed by atoms with E-state index in [1.807, 2.05) is 22.7 Å². The second-order valence-corrected chi connectivity index (χ2v) is 5.12. The van der Waals surface area contributed by atoms with Crippen molar-refractivity contribution in [3.63, 3.8) is 0 Å². The topological polar surface area (TPSA) is 57.8 Å². The molecule has 1 saturated carbocycles. The Kier molecular flexibility index (Phi) is 2.40. The van der Waals surface area contributed by atoms with E-state index < -0.39 is 5.60 Å². The van der Waals surface area contributed by atoms with Gasteiger partial charge in [0, 0.05) is 12.1 Å². The Labute approximate surface area is 103 Å². The summed E-state index contributed by atoms with van der Waals surface area (Å²) in [6, 6.07) is 3.70. The van der Waals surface area contributed by atoms with Crippen LogP contribution in [0.5, 0.6) is 0 Å². The van der Waals surface area contributed by atoms with Crippen molar-refractivity contribution in [1.82, 2.24) is 9.38 Å². The lowest BCUT2D eigenvalue weighted by Crippen LogP contribution is -2.46. The van der Waals surface area contributed by atoms with Crippen molar-refractivity contribution in [1.29, 1.82) is 0 Å². The molecule has 2 N–H and O–H groups in total. The number of rotatable bonds is 2. The third-order valence-corrected chi connectivity index (χ3v) is 3.78. The lowest BCUT2D eigenvalue weighted by Gasteiger charge is -2.41. The van der Waals surface area contributed by atoms with Crippen LogP contribution in [0.3, 0.4) is 0 Å². The molecule has 2 aromatic heterocycles. The quantitative estimate of drug-likeness (QED) is 0.853. The normalized spacial score (nSPS) is 28.3. The first kappa shape index (κ1) is 11.0. The third kappa shape index (κ3) is 1.64. The Hall–Kier alpha value is -1.10. The van der Waals surface area contributed by atoms with Gasteiger partial charge in [-0.1, -0.05) is 11.6 Å². The molecule has 3 rings (SSSR count). The van der Waals surface area contributed by atoms with E-state index in [1.165, 1.54) is 0 Å². The molecular formula is C12H13ClN2O2. The average molecular weight is 253 g/mol. The third-order valence-electron chi connectivity index (χ3n) is 3.46. The van der Waals surface area contributed by atoms with Crippen LogP contribution in [0.15, 0.2) is 24.5 Å². The van der Waals surface area contributed by atoms with Gasteiger partial charge in [-0.2, -0.15) is 0 Å². The minimum atomic E-state index is -0.922. The lowest BCUT2D eigenvalue weighted by molar-refractivity contribution is -0.0882. The fourth-order valence-electron chi connectivity index (χ4n) is 2.48. The molecule has 0 spiro atoms. The molecule has 0 amide bonds. The molecule has 1 fully saturated rings. The highest BCUT2D eigenvalue weighted by atomic mass is 35.5. The maximum absolute atomic E-state index is 9.80. The number of aliphatic hydroxyl groups is 2. The standard InChI is InChI=1S/C12H13ClN2O2/c13-9-2-1-3-15-10(9)6-14-11(15)8-4-12(17,5-8)7-16/h1-3,6,8,16-17H,4-5,7H2. The maximum Gasteiger partial charge on any atom is 0.116 e. The summed E-state index contributed by atoms with van der Waals surface area (Å²) >= 11 is 6.07. The second kappa shape index (κ2) is 3.70. The van der Waals surface area contributed by atoms with Crippen LogP contribution >= 0.6 is 11.6 Å². The highest BCUT2D eigenvalue weighted by molar-refractivity contribution is 6.33. The number of aliphatic hydroxyl groups excluding tert-OH is 1. The van der Waals surface area contributed by atoms with Crippen molar-refractivity contribution >= 4 is 17.1 Å². The van der Waals surface area contributed by atoms with E-state index in [1.54, 1.807) is 6.20 Å². The minimum Gasteiger partial charge on any atom is -0.393 e. The van der Waals surface area contributed by atoms with Gasteiger partial charge in [-0.15, -0.1) is 0 Å². The Morgan fingerprint density at radius 1 is 1.53 bits per heavy atom. The zero-order valence-electron chi connectivity index (χ0n) is 9.17. The van der Waals surface area contributed by atoms with E-state index >= 15 is 0 Å². The van der Waals surface area contributed by atoms with Crippen molar-refractivity contribution in [2.45, 2.75) is 24.4 Å². The van der Waals surface area contributed by atoms with Gasteiger partial charge < -0.3 is 14.6 Å². The predicted molar refractivity (Wildman–Crippen MR) is 64.2 cm³/mol. The molecule has 1 aliphatic carbocycles. The Balaban J connectivity index is 1.96. The number of nitrogens with zero attached hydrogens (tertiary/aromatic N) is 2. The summed E-state index contributed by atoms with van der Waals surface area (Å²) in [4.78, 5) is 4.36. The monoisotopic (exact) mass is 252 g/mol. The number of fused-ring (bicyclic) bond motifs is 1. The van der Waals surface area contributed by atoms with Crippen molar-refractivity contribution in [2.24, 2.45) is 0 Å². The van der Waals surface area contributed by atoms with Crippen molar-refractivity contribution in [3.05, 3.63) is 35.4 Å². The summed E-state index contributed by atoms with van der Waals surface area (Å²) < 4.78 is 1.95. The van der Waals surface area contributed by atoms with Crippen molar-refractivity contribution < 1.29 is 10.2 Å². The summed E-state index contributed by atoms with van der Waals surface area (Å²) in [6.07, 6.45) is 4.76. The van der Waals surface area contributed by atoms with Gasteiger partial charge >= 0.3 is 0 Å². The average Bonchev–Trinajstić information content (AvgIpc) is 2.70. The smallest absolute Gasteiger partial charge is 0.116 e. The molecule has 1 aliphatic rings. The van der Waals surface area contributed by atoms with E-state index in [0.29, 0.717) is 17.9 Å². The van der Waals surface area contributed by atoms with Gasteiger partial charge in [-0.3, -0.25) is 0 Å². The Bertz CT molecular complexity index is 561. The van der Waals surface area contributed by atoms with Crippen LogP contribution in [-0.2, 0) is 0 Å². The molecule has 17 heavy (non-hydrogen) atoms. The second-order valence-electron chi connectivity index (χ2n) is 4.72. The molecule has 0 saturated heterocycles. The highest BCUT2D eigenvalue weighted by Gasteiger charge is 2.44. The van der Waals surface area contributed by atoms with E-state index in [9.17, 15) is 5.11 Å². The molecule has 2 heterocycles. The van der Waals surface area contributed by atoms with Crippen LogP contribution in [0.4, 0.5) is 0 Å². The lowest BCUT2D eigenvalue weighted by atomic mass is 9.71. The first-order valence-corrected chi connectivity index (χ1v) is 5.95. The Morgan fingerprint density at radius 2 is 2.29 bits per heavy atom. The van der Waals surface area contributed by atoms with Crippen LogP contribution in [0.2, 0.25) is 5.02 Å². The molecule has 0 atom stereocenters. The summed E-state index contributed by atoms with van der Waals surface area (Å²) in [5.41, 5.74) is -0.0432. The van der Waals surface area contributed by atoms with Gasteiger partial charge in [0.15, 0.2) is 0 Å². The molecule has 0 unspecified atom stereocenters. The number of pyridine rings is 1. The molecule has 0 aromatic carbocycles. The van der Waals surface area contributed by atoms with Gasteiger partial charge in [0.25, 0.3) is 0 Å². The van der Waals surface area contributed by atoms with Gasteiger partial charge in [0.1, 0.15) is 5.82 Å². The minimum absolute atomic E-state index is 0.187. The number of aromatic nitrogens is 2. The molecule has 4 nitrogen and oxygen atoms in total. The van der Waals surface area contributed by atoms with Crippen LogP contribution in [-0.4, -0.2) is 31.8 Å². The number of hydrogen-bond acceptors (Lipinski definition) is 3. The molecular weight excluding hydrogens is 240 g/mol. The number of imidazole rings is 1. The highest BCUT2D eigenvalue weighted by Crippen LogP contribution is 2.44. The fraction of sp³-hybridized carbons (Fsp3) is 0.417. The predicted octanol–water partition coefficient (Wildman–Crippen LogP) is 1.59. The summed E-state index contributed by atoms with van der Waals surface area (Å²) in [6.45, 7) is -0.187. The first-order chi connectivity index (χ1) is 8.13. The van der Waals surface area contributed by atoms with Gasteiger partial charge in [0.05, 0.1) is 28.9 Å². The Morgan fingerprint density at radius 3 is 3.00 bits per heavy atom. The van der Waals surface area contributed by atoms with Crippen LogP contribution in [0.1, 0.15) is 24.6 Å². The molecule has 0 radical (unpaired) electrons. The van der Waals surface area contributed by atoms with Crippen LogP contribution in [0.25, 0.3) is 5.52 Å². The number of halogens is 1. The van der Waals surface area contributed by atoms with E-state index in [-0.39, 0.29) is 12.5 Å². The molecule has 0 bridgehead atoms. The van der Waals surface area contributed by atoms with Crippen LogP contribution < -0.4 is 0 Å². The molecule has 90 valence electrons. The van der Waals surface area contributed by atoms with E-state index in [0.717, 1.165) is 11.3 Å². The van der Waals surface area contributed by atoms with Gasteiger partial charge in [-0.25, -0.2) is 4.98 Å². The van der Waals surface area contributed by atoms with E-state index in [4.69, 9.17) is 16.7 Å². The molecule has 0 aliphatic heterocycles. The fourth-order valence-corrected chi connectivity index (χ4v) is 2.69. The van der Waals surface area contributed by atoms with E-state index in [2.05, 4.69) is 4.98 Å². The first-order valence-electron chi connectivity index (χ1n) is 5.58. The zero-order chi connectivity index (χ0) is 12.0. The summed E-state index contributed by atoms with van der Waals surface area (Å²) in [5.74, 6) is 1.09. The summed E-state index contributed by atoms with van der Waals surface area (Å²) in [5, 5.41) is 19.5. The SMILES string of the molecule is OCC1(O)CC(c2ncc3c(Cl)cccn23)C1. The largest absolute Gasteiger partial charge is 0.393 e.